The Hall–Kier alpha value is -5.23. The van der Waals surface area contributed by atoms with Gasteiger partial charge in [0.05, 0.1) is 10.5 Å². The summed E-state index contributed by atoms with van der Waals surface area (Å²) in [5, 5.41) is 13.5. The average molecular weight is 481 g/mol. The molecule has 0 aliphatic rings. The molecule has 0 radical (unpaired) electrons. The molecule has 0 spiro atoms. The van der Waals surface area contributed by atoms with Gasteiger partial charge in [-0.3, -0.25) is 10.1 Å². The second kappa shape index (κ2) is 9.43. The van der Waals surface area contributed by atoms with Gasteiger partial charge in [-0.15, -0.1) is 0 Å². The van der Waals surface area contributed by atoms with Gasteiger partial charge in [0.15, 0.2) is 17.5 Å². The van der Waals surface area contributed by atoms with Crippen LogP contribution in [0.25, 0.3) is 56.1 Å². The Morgan fingerprint density at radius 2 is 0.919 bits per heavy atom. The second-order valence-electron chi connectivity index (χ2n) is 8.52. The number of aromatic nitrogens is 3. The average Bonchev–Trinajstić information content (AvgIpc) is 2.97. The van der Waals surface area contributed by atoms with Gasteiger partial charge in [0.2, 0.25) is 0 Å². The first-order valence-corrected chi connectivity index (χ1v) is 11.8. The fourth-order valence-corrected chi connectivity index (χ4v) is 4.52. The molecule has 0 aliphatic carbocycles. The zero-order chi connectivity index (χ0) is 25.2. The van der Waals surface area contributed by atoms with Crippen LogP contribution in [0.4, 0.5) is 5.69 Å². The molecule has 0 fully saturated rings. The number of nitro groups is 1. The summed E-state index contributed by atoms with van der Waals surface area (Å²) in [5.74, 6) is 1.70. The quantitative estimate of drug-likeness (QED) is 0.187. The Labute approximate surface area is 213 Å². The van der Waals surface area contributed by atoms with Crippen molar-refractivity contribution in [3.8, 4) is 45.3 Å². The highest BCUT2D eigenvalue weighted by Crippen LogP contribution is 2.38. The third-order valence-corrected chi connectivity index (χ3v) is 6.26. The molecule has 176 valence electrons. The molecule has 0 N–H and O–H groups in total. The van der Waals surface area contributed by atoms with Crippen molar-refractivity contribution in [2.75, 3.05) is 0 Å². The Morgan fingerprint density at radius 3 is 1.51 bits per heavy atom. The van der Waals surface area contributed by atoms with Crippen molar-refractivity contribution in [3.05, 3.63) is 131 Å². The van der Waals surface area contributed by atoms with Gasteiger partial charge >= 0.3 is 0 Å². The van der Waals surface area contributed by atoms with Crippen LogP contribution in [0.3, 0.4) is 0 Å². The highest BCUT2D eigenvalue weighted by Gasteiger charge is 2.19. The van der Waals surface area contributed by atoms with Crippen LogP contribution in [0.1, 0.15) is 0 Å². The molecule has 6 rings (SSSR count). The van der Waals surface area contributed by atoms with Crippen molar-refractivity contribution in [3.63, 3.8) is 0 Å². The van der Waals surface area contributed by atoms with Crippen molar-refractivity contribution >= 4 is 16.5 Å². The lowest BCUT2D eigenvalue weighted by Gasteiger charge is -2.13. The van der Waals surface area contributed by atoms with E-state index in [1.54, 1.807) is 12.1 Å². The smallest absolute Gasteiger partial charge is 0.258 e. The summed E-state index contributed by atoms with van der Waals surface area (Å²) in [7, 11) is 0. The van der Waals surface area contributed by atoms with Gasteiger partial charge in [-0.25, -0.2) is 15.0 Å². The summed E-state index contributed by atoms with van der Waals surface area (Å²) >= 11 is 0. The standard InChI is InChI=1S/C31H20N4O2/c36-35(37)28-18-10-9-17-26(28)25-19-20-27(24-16-8-7-15-23(24)25)31-33-29(21-11-3-1-4-12-21)32-30(34-31)22-13-5-2-6-14-22/h1-20H. The SMILES string of the molecule is O=[N+]([O-])c1ccccc1-c1ccc(-c2nc(-c3ccccc3)nc(-c3ccccc3)n2)c2ccccc12. The minimum Gasteiger partial charge on any atom is -0.258 e. The van der Waals surface area contributed by atoms with E-state index in [9.17, 15) is 10.1 Å². The van der Waals surface area contributed by atoms with Crippen LogP contribution in [-0.4, -0.2) is 19.9 Å². The monoisotopic (exact) mass is 480 g/mol. The van der Waals surface area contributed by atoms with E-state index in [4.69, 9.17) is 15.0 Å². The molecule has 37 heavy (non-hydrogen) atoms. The van der Waals surface area contributed by atoms with Crippen molar-refractivity contribution < 1.29 is 4.92 Å². The minimum atomic E-state index is -0.345. The topological polar surface area (TPSA) is 81.8 Å². The van der Waals surface area contributed by atoms with E-state index < -0.39 is 0 Å². The van der Waals surface area contributed by atoms with Gasteiger partial charge in [-0.1, -0.05) is 103 Å². The summed E-state index contributed by atoms with van der Waals surface area (Å²) in [6, 6.07) is 38.2. The first kappa shape index (κ1) is 22.2. The summed E-state index contributed by atoms with van der Waals surface area (Å²) in [6.45, 7) is 0. The van der Waals surface area contributed by atoms with Crippen molar-refractivity contribution in [2.24, 2.45) is 0 Å². The fraction of sp³-hybridized carbons (Fsp3) is 0. The third kappa shape index (κ3) is 4.21. The normalized spacial score (nSPS) is 10.9. The minimum absolute atomic E-state index is 0.0679. The lowest BCUT2D eigenvalue weighted by atomic mass is 9.94. The predicted molar refractivity (Wildman–Crippen MR) is 146 cm³/mol. The largest absolute Gasteiger partial charge is 0.277 e. The van der Waals surface area contributed by atoms with Crippen molar-refractivity contribution in [1.29, 1.82) is 0 Å². The second-order valence-corrected chi connectivity index (χ2v) is 8.52. The summed E-state index contributed by atoms with van der Waals surface area (Å²) in [6.07, 6.45) is 0. The lowest BCUT2D eigenvalue weighted by Crippen LogP contribution is -2.00. The lowest BCUT2D eigenvalue weighted by molar-refractivity contribution is -0.384. The number of para-hydroxylation sites is 1. The number of rotatable bonds is 5. The molecular weight excluding hydrogens is 460 g/mol. The van der Waals surface area contributed by atoms with E-state index in [0.717, 1.165) is 33.0 Å². The third-order valence-electron chi connectivity index (χ3n) is 6.26. The molecule has 5 aromatic carbocycles. The van der Waals surface area contributed by atoms with Crippen LogP contribution >= 0.6 is 0 Å². The Kier molecular flexibility index (Phi) is 5.67. The molecule has 0 bridgehead atoms. The van der Waals surface area contributed by atoms with E-state index in [1.807, 2.05) is 103 Å². The van der Waals surface area contributed by atoms with Gasteiger partial charge in [0.25, 0.3) is 5.69 Å². The van der Waals surface area contributed by atoms with Crippen molar-refractivity contribution in [2.45, 2.75) is 0 Å². The number of fused-ring (bicyclic) bond motifs is 1. The fourth-order valence-electron chi connectivity index (χ4n) is 4.52. The molecule has 6 aromatic rings. The van der Waals surface area contributed by atoms with E-state index in [2.05, 4.69) is 0 Å². The number of hydrogen-bond donors (Lipinski definition) is 0. The number of nitrogens with zero attached hydrogens (tertiary/aromatic N) is 4. The Morgan fingerprint density at radius 1 is 0.459 bits per heavy atom. The molecule has 6 heteroatoms. The Bertz CT molecular complexity index is 1700. The number of nitro benzene ring substituents is 1. The summed E-state index contributed by atoms with van der Waals surface area (Å²) in [4.78, 5) is 25.9. The molecule has 0 amide bonds. The molecule has 0 atom stereocenters. The molecular formula is C31H20N4O2. The molecule has 1 heterocycles. The van der Waals surface area contributed by atoms with Gasteiger partial charge in [-0.05, 0) is 28.5 Å². The molecule has 0 aliphatic heterocycles. The van der Waals surface area contributed by atoms with E-state index in [1.165, 1.54) is 6.07 Å². The molecule has 1 aromatic heterocycles. The first-order valence-electron chi connectivity index (χ1n) is 11.8. The van der Waals surface area contributed by atoms with E-state index in [0.29, 0.717) is 23.0 Å². The maximum absolute atomic E-state index is 11.7. The van der Waals surface area contributed by atoms with Crippen LogP contribution in [-0.2, 0) is 0 Å². The van der Waals surface area contributed by atoms with Crippen LogP contribution in [0.5, 0.6) is 0 Å². The van der Waals surface area contributed by atoms with Crippen molar-refractivity contribution in [1.82, 2.24) is 15.0 Å². The van der Waals surface area contributed by atoms with Crippen LogP contribution in [0, 0.1) is 10.1 Å². The highest BCUT2D eigenvalue weighted by atomic mass is 16.6. The zero-order valence-electron chi connectivity index (χ0n) is 19.7. The molecule has 0 saturated heterocycles. The number of benzene rings is 5. The molecule has 0 unspecified atom stereocenters. The highest BCUT2D eigenvalue weighted by molar-refractivity contribution is 6.05. The van der Waals surface area contributed by atoms with Gasteiger partial charge in [0, 0.05) is 22.8 Å². The summed E-state index contributed by atoms with van der Waals surface area (Å²) in [5.41, 5.74) is 4.04. The first-order chi connectivity index (χ1) is 18.2. The summed E-state index contributed by atoms with van der Waals surface area (Å²) < 4.78 is 0. The van der Waals surface area contributed by atoms with Gasteiger partial charge in [-0.2, -0.15) is 0 Å². The van der Waals surface area contributed by atoms with Crippen LogP contribution in [0.15, 0.2) is 121 Å². The van der Waals surface area contributed by atoms with E-state index in [-0.39, 0.29) is 10.6 Å². The zero-order valence-corrected chi connectivity index (χ0v) is 19.7. The van der Waals surface area contributed by atoms with Gasteiger partial charge in [0.1, 0.15) is 0 Å². The molecule has 0 saturated carbocycles. The Balaban J connectivity index is 1.60. The van der Waals surface area contributed by atoms with E-state index >= 15 is 0 Å². The molecule has 6 nitrogen and oxygen atoms in total. The maximum Gasteiger partial charge on any atom is 0.277 e. The van der Waals surface area contributed by atoms with Crippen LogP contribution < -0.4 is 0 Å². The number of hydrogen-bond acceptors (Lipinski definition) is 5. The van der Waals surface area contributed by atoms with Crippen LogP contribution in [0.2, 0.25) is 0 Å². The van der Waals surface area contributed by atoms with Gasteiger partial charge < -0.3 is 0 Å². The predicted octanol–water partition coefficient (Wildman–Crippen LogP) is 7.60. The maximum atomic E-state index is 11.7.